The Hall–Kier alpha value is -3.29. The van der Waals surface area contributed by atoms with Gasteiger partial charge in [-0.25, -0.2) is 9.77 Å². The van der Waals surface area contributed by atoms with Crippen molar-refractivity contribution in [3.8, 4) is 22.9 Å². The zero-order valence-corrected chi connectivity index (χ0v) is 20.0. The molecule has 0 aliphatic heterocycles. The molecule has 33 heavy (non-hydrogen) atoms. The molecule has 4 aromatic rings. The van der Waals surface area contributed by atoms with Crippen LogP contribution in [0.2, 0.25) is 5.02 Å². The minimum Gasteiger partial charge on any atom is -0.490 e. The smallest absolute Gasteiger partial charge is 0.214 e. The van der Waals surface area contributed by atoms with Gasteiger partial charge in [-0.15, -0.1) is 0 Å². The maximum absolute atomic E-state index is 6.61. The van der Waals surface area contributed by atoms with Gasteiger partial charge in [-0.3, -0.25) is 0 Å². The summed E-state index contributed by atoms with van der Waals surface area (Å²) in [6.45, 7) is 5.36. The fraction of sp³-hybridized carbons (Fsp3) is 0.200. The molecule has 1 heterocycles. The van der Waals surface area contributed by atoms with Crippen molar-refractivity contribution in [3.05, 3.63) is 93.2 Å². The van der Waals surface area contributed by atoms with Gasteiger partial charge in [0.25, 0.3) is 0 Å². The molecule has 0 fully saturated rings. The number of nitrogens with one attached hydrogen (secondary N) is 2. The average Bonchev–Trinajstić information content (AvgIpc) is 3.20. The minimum absolute atomic E-state index is 0.421. The molecular weight excluding hydrogens is 456 g/mol. The number of hydrogen-bond donors (Lipinski definition) is 2. The largest absolute Gasteiger partial charge is 0.490 e. The van der Waals surface area contributed by atoms with Gasteiger partial charge in [0.2, 0.25) is 4.77 Å². The van der Waals surface area contributed by atoms with Crippen molar-refractivity contribution in [3.63, 3.8) is 0 Å². The van der Waals surface area contributed by atoms with Gasteiger partial charge in [0, 0.05) is 16.7 Å². The van der Waals surface area contributed by atoms with E-state index in [1.165, 1.54) is 5.56 Å². The fourth-order valence-electron chi connectivity index (χ4n) is 3.33. The lowest BCUT2D eigenvalue weighted by Gasteiger charge is -2.16. The van der Waals surface area contributed by atoms with Crippen molar-refractivity contribution in [1.82, 2.24) is 14.9 Å². The van der Waals surface area contributed by atoms with Crippen LogP contribution in [0.3, 0.4) is 0 Å². The summed E-state index contributed by atoms with van der Waals surface area (Å²) in [4.78, 5) is 0. The van der Waals surface area contributed by atoms with E-state index in [-0.39, 0.29) is 0 Å². The van der Waals surface area contributed by atoms with Gasteiger partial charge in [0.15, 0.2) is 17.3 Å². The first-order chi connectivity index (χ1) is 16.0. The molecule has 0 saturated heterocycles. The Kier molecular flexibility index (Phi) is 7.32. The van der Waals surface area contributed by atoms with Gasteiger partial charge < -0.3 is 14.9 Å². The van der Waals surface area contributed by atoms with Crippen molar-refractivity contribution in [1.29, 1.82) is 0 Å². The molecule has 2 N–H and O–H groups in total. The summed E-state index contributed by atoms with van der Waals surface area (Å²) in [7, 11) is 0. The number of halogens is 1. The first-order valence-corrected chi connectivity index (χ1v) is 11.4. The molecule has 0 atom stereocenters. The fourth-order valence-corrected chi connectivity index (χ4v) is 3.75. The minimum atomic E-state index is 0.421. The number of aryl methyl sites for hydroxylation is 1. The molecule has 0 spiro atoms. The second kappa shape index (κ2) is 10.6. The Bertz CT molecular complexity index is 1270. The van der Waals surface area contributed by atoms with Crippen molar-refractivity contribution >= 4 is 23.8 Å². The molecular formula is C25H25ClN4O2S. The molecule has 8 heteroatoms. The van der Waals surface area contributed by atoms with Crippen LogP contribution in [0.4, 0.5) is 0 Å². The van der Waals surface area contributed by atoms with Crippen LogP contribution in [0.1, 0.15) is 23.6 Å². The van der Waals surface area contributed by atoms with Crippen molar-refractivity contribution in [2.24, 2.45) is 0 Å². The Labute approximate surface area is 203 Å². The summed E-state index contributed by atoms with van der Waals surface area (Å²) >= 11 is 12.0. The van der Waals surface area contributed by atoms with Gasteiger partial charge in [0.1, 0.15) is 6.61 Å². The third-order valence-corrected chi connectivity index (χ3v) is 5.69. The maximum Gasteiger partial charge on any atom is 0.214 e. The average molecular weight is 481 g/mol. The molecule has 0 unspecified atom stereocenters. The highest BCUT2D eigenvalue weighted by Gasteiger charge is 2.14. The molecule has 4 rings (SSSR count). The van der Waals surface area contributed by atoms with Crippen LogP contribution in [0.25, 0.3) is 11.4 Å². The number of hydrogen-bond acceptors (Lipinski definition) is 5. The molecule has 0 bridgehead atoms. The highest BCUT2D eigenvalue weighted by Crippen LogP contribution is 2.34. The second-order valence-electron chi connectivity index (χ2n) is 7.49. The van der Waals surface area contributed by atoms with Crippen molar-refractivity contribution in [2.75, 3.05) is 12.0 Å². The summed E-state index contributed by atoms with van der Waals surface area (Å²) in [5.74, 6) is 1.95. The number of H-pyrrole nitrogens is 1. The normalized spacial score (nSPS) is 10.8. The van der Waals surface area contributed by atoms with Crippen LogP contribution in [-0.2, 0) is 13.2 Å². The van der Waals surface area contributed by atoms with E-state index in [0.29, 0.717) is 46.9 Å². The SMILES string of the molecule is CCOc1cc(CNn2c(-c3ccccc3)n[nH]c2=S)c(Cl)cc1OCc1ccc(C)cc1. The summed E-state index contributed by atoms with van der Waals surface area (Å²) < 4.78 is 14.1. The number of benzene rings is 3. The van der Waals surface area contributed by atoms with Crippen LogP contribution in [0.5, 0.6) is 11.5 Å². The summed E-state index contributed by atoms with van der Waals surface area (Å²) in [6, 6.07) is 21.7. The van der Waals surface area contributed by atoms with Crippen molar-refractivity contribution in [2.45, 2.75) is 27.0 Å². The number of nitrogens with zero attached hydrogens (tertiary/aromatic N) is 2. The molecule has 3 aromatic carbocycles. The number of aromatic nitrogens is 3. The van der Waals surface area contributed by atoms with E-state index in [1.807, 2.05) is 43.3 Å². The maximum atomic E-state index is 6.61. The van der Waals surface area contributed by atoms with Gasteiger partial charge in [-0.05, 0) is 43.3 Å². The molecule has 6 nitrogen and oxygen atoms in total. The predicted molar refractivity (Wildman–Crippen MR) is 134 cm³/mol. The lowest BCUT2D eigenvalue weighted by molar-refractivity contribution is 0.269. The quantitative estimate of drug-likeness (QED) is 0.275. The molecule has 0 radical (unpaired) electrons. The highest BCUT2D eigenvalue weighted by molar-refractivity contribution is 7.71. The summed E-state index contributed by atoms with van der Waals surface area (Å²) in [5, 5.41) is 7.76. The molecule has 170 valence electrons. The molecule has 1 aromatic heterocycles. The number of rotatable bonds is 9. The van der Waals surface area contributed by atoms with Crippen LogP contribution in [-0.4, -0.2) is 21.5 Å². The van der Waals surface area contributed by atoms with Crippen LogP contribution in [0.15, 0.2) is 66.7 Å². The van der Waals surface area contributed by atoms with Gasteiger partial charge in [-0.2, -0.15) is 5.10 Å². The van der Waals surface area contributed by atoms with E-state index in [4.69, 9.17) is 33.3 Å². The lowest BCUT2D eigenvalue weighted by atomic mass is 10.1. The van der Waals surface area contributed by atoms with E-state index < -0.39 is 0 Å². The van der Waals surface area contributed by atoms with E-state index in [9.17, 15) is 0 Å². The Morgan fingerprint density at radius 1 is 1.03 bits per heavy atom. The first kappa shape index (κ1) is 22.9. The van der Waals surface area contributed by atoms with Gasteiger partial charge in [-0.1, -0.05) is 71.8 Å². The van der Waals surface area contributed by atoms with E-state index >= 15 is 0 Å². The van der Waals surface area contributed by atoms with E-state index in [1.54, 1.807) is 10.7 Å². The number of aromatic amines is 1. The highest BCUT2D eigenvalue weighted by atomic mass is 35.5. The van der Waals surface area contributed by atoms with E-state index in [0.717, 1.165) is 16.7 Å². The van der Waals surface area contributed by atoms with Crippen molar-refractivity contribution < 1.29 is 9.47 Å². The van der Waals surface area contributed by atoms with Crippen LogP contribution >= 0.6 is 23.8 Å². The molecule has 0 aliphatic rings. The van der Waals surface area contributed by atoms with Crippen LogP contribution in [0, 0.1) is 11.7 Å². The lowest BCUT2D eigenvalue weighted by Crippen LogP contribution is -2.16. The molecule has 0 saturated carbocycles. The zero-order chi connectivity index (χ0) is 23.2. The Balaban J connectivity index is 1.53. The Morgan fingerprint density at radius 3 is 2.48 bits per heavy atom. The van der Waals surface area contributed by atoms with Gasteiger partial charge >= 0.3 is 0 Å². The third kappa shape index (κ3) is 5.56. The summed E-state index contributed by atoms with van der Waals surface area (Å²) in [6.07, 6.45) is 0. The second-order valence-corrected chi connectivity index (χ2v) is 8.28. The standard InChI is InChI=1S/C25H25ClN4O2S/c1-3-31-22-13-20(21(26)14-23(22)32-16-18-11-9-17(2)10-12-18)15-27-30-24(28-29-25(30)33)19-7-5-4-6-8-19/h4-14,27H,3,15-16H2,1-2H3,(H,29,33). The van der Waals surface area contributed by atoms with E-state index in [2.05, 4.69) is 46.8 Å². The monoisotopic (exact) mass is 480 g/mol. The Morgan fingerprint density at radius 2 is 1.76 bits per heavy atom. The number of ether oxygens (including phenoxy) is 2. The zero-order valence-electron chi connectivity index (χ0n) is 18.5. The third-order valence-electron chi connectivity index (χ3n) is 5.06. The van der Waals surface area contributed by atoms with Crippen LogP contribution < -0.4 is 14.9 Å². The predicted octanol–water partition coefficient (Wildman–Crippen LogP) is 6.29. The van der Waals surface area contributed by atoms with Gasteiger partial charge in [0.05, 0.1) is 13.2 Å². The first-order valence-electron chi connectivity index (χ1n) is 10.7. The molecule has 0 amide bonds. The topological polar surface area (TPSA) is 64.1 Å². The summed E-state index contributed by atoms with van der Waals surface area (Å²) in [5.41, 5.74) is 7.39. The molecule has 0 aliphatic carbocycles.